The minimum atomic E-state index is 0.277. The average molecular weight is 253 g/mol. The Hall–Kier alpha value is -0.770. The highest BCUT2D eigenvalue weighted by Gasteiger charge is 2.26. The van der Waals surface area contributed by atoms with Gasteiger partial charge in [0.2, 0.25) is 0 Å². The molecule has 0 aromatic rings. The summed E-state index contributed by atoms with van der Waals surface area (Å²) in [4.78, 5) is 16.6. The molecule has 0 aromatic carbocycles. The Kier molecular flexibility index (Phi) is 5.29. The first kappa shape index (κ1) is 13.7. The van der Waals surface area contributed by atoms with Gasteiger partial charge in [-0.3, -0.25) is 0 Å². The van der Waals surface area contributed by atoms with Gasteiger partial charge in [0.05, 0.1) is 0 Å². The van der Waals surface area contributed by atoms with E-state index in [1.165, 1.54) is 32.1 Å². The van der Waals surface area contributed by atoms with Crippen molar-refractivity contribution in [2.75, 3.05) is 32.7 Å². The van der Waals surface area contributed by atoms with Crippen molar-refractivity contribution >= 4 is 6.03 Å². The number of likely N-dealkylation sites (N-methyl/N-ethyl adjacent to an activating group) is 1. The monoisotopic (exact) mass is 253 g/mol. The van der Waals surface area contributed by atoms with E-state index in [2.05, 4.69) is 22.0 Å². The number of rotatable bonds is 2. The van der Waals surface area contributed by atoms with Gasteiger partial charge in [0.1, 0.15) is 0 Å². The molecule has 2 amide bonds. The summed E-state index contributed by atoms with van der Waals surface area (Å²) in [5, 5.41) is 3.47. The highest BCUT2D eigenvalue weighted by atomic mass is 16.2. The molecule has 0 spiro atoms. The average Bonchev–Trinajstić information content (AvgIpc) is 2.67. The van der Waals surface area contributed by atoms with E-state index in [1.807, 2.05) is 0 Å². The van der Waals surface area contributed by atoms with Crippen LogP contribution in [0.5, 0.6) is 0 Å². The van der Waals surface area contributed by atoms with Crippen LogP contribution in [0.25, 0.3) is 0 Å². The van der Waals surface area contributed by atoms with Crippen LogP contribution in [0.1, 0.15) is 45.4 Å². The van der Waals surface area contributed by atoms with E-state index in [0.717, 1.165) is 39.1 Å². The van der Waals surface area contributed by atoms with E-state index >= 15 is 0 Å². The van der Waals surface area contributed by atoms with Crippen LogP contribution >= 0.6 is 0 Å². The number of piperidine rings is 1. The molecular formula is C14H27N3O. The van der Waals surface area contributed by atoms with E-state index in [1.54, 1.807) is 0 Å². The minimum Gasteiger partial charge on any atom is -0.325 e. The van der Waals surface area contributed by atoms with E-state index < -0.39 is 0 Å². The number of amides is 2. The van der Waals surface area contributed by atoms with Crippen molar-refractivity contribution in [2.45, 2.75) is 51.5 Å². The molecule has 2 rings (SSSR count). The first-order valence-corrected chi connectivity index (χ1v) is 7.58. The summed E-state index contributed by atoms with van der Waals surface area (Å²) in [6.45, 7) is 6.88. The van der Waals surface area contributed by atoms with Gasteiger partial charge in [-0.2, -0.15) is 0 Å². The molecule has 1 unspecified atom stereocenters. The summed E-state index contributed by atoms with van der Waals surface area (Å²) in [7, 11) is 0. The van der Waals surface area contributed by atoms with Crippen LogP contribution in [0.15, 0.2) is 0 Å². The molecule has 2 aliphatic rings. The fraction of sp³-hybridized carbons (Fsp3) is 0.929. The Balaban J connectivity index is 1.86. The molecule has 2 fully saturated rings. The Morgan fingerprint density at radius 2 is 1.72 bits per heavy atom. The minimum absolute atomic E-state index is 0.277. The third-order valence-corrected chi connectivity index (χ3v) is 4.06. The molecule has 4 heteroatoms. The van der Waals surface area contributed by atoms with E-state index in [9.17, 15) is 4.79 Å². The molecule has 0 radical (unpaired) electrons. The van der Waals surface area contributed by atoms with Crippen molar-refractivity contribution in [3.63, 3.8) is 0 Å². The van der Waals surface area contributed by atoms with Crippen molar-refractivity contribution in [1.29, 1.82) is 0 Å². The second-order valence-corrected chi connectivity index (χ2v) is 5.53. The molecule has 1 atom stereocenters. The summed E-state index contributed by atoms with van der Waals surface area (Å²) in [6.07, 6.45) is 7.26. The Morgan fingerprint density at radius 1 is 1.06 bits per heavy atom. The number of urea groups is 1. The van der Waals surface area contributed by atoms with E-state index in [0.29, 0.717) is 6.04 Å². The lowest BCUT2D eigenvalue weighted by Crippen LogP contribution is -2.52. The molecule has 2 saturated heterocycles. The van der Waals surface area contributed by atoms with Gasteiger partial charge in [0, 0.05) is 32.2 Å². The zero-order valence-corrected chi connectivity index (χ0v) is 11.7. The third-order valence-electron chi connectivity index (χ3n) is 4.06. The first-order valence-electron chi connectivity index (χ1n) is 7.58. The van der Waals surface area contributed by atoms with Gasteiger partial charge in [0.25, 0.3) is 0 Å². The molecular weight excluding hydrogens is 226 g/mol. The Bertz CT molecular complexity index is 260. The maximum absolute atomic E-state index is 12.5. The maximum atomic E-state index is 12.5. The lowest BCUT2D eigenvalue weighted by molar-refractivity contribution is 0.135. The number of likely N-dealkylation sites (tertiary alicyclic amines) is 2. The van der Waals surface area contributed by atoms with Gasteiger partial charge in [-0.05, 0) is 32.2 Å². The summed E-state index contributed by atoms with van der Waals surface area (Å²) in [5.74, 6) is 0. The largest absolute Gasteiger partial charge is 0.325 e. The van der Waals surface area contributed by atoms with Gasteiger partial charge in [0.15, 0.2) is 0 Å². The van der Waals surface area contributed by atoms with Crippen molar-refractivity contribution < 1.29 is 4.79 Å². The Morgan fingerprint density at radius 3 is 2.39 bits per heavy atom. The highest BCUT2D eigenvalue weighted by Crippen LogP contribution is 2.15. The van der Waals surface area contributed by atoms with Gasteiger partial charge in [-0.1, -0.05) is 19.8 Å². The molecule has 104 valence electrons. The summed E-state index contributed by atoms with van der Waals surface area (Å²) in [6, 6.07) is 0.777. The van der Waals surface area contributed by atoms with Crippen LogP contribution in [0.3, 0.4) is 0 Å². The normalized spacial score (nSPS) is 25.9. The smallest absolute Gasteiger partial charge is 0.320 e. The number of carbonyl (C=O) groups excluding carboxylic acids is 1. The van der Waals surface area contributed by atoms with Gasteiger partial charge in [-0.15, -0.1) is 0 Å². The number of carbonyl (C=O) groups is 1. The van der Waals surface area contributed by atoms with Gasteiger partial charge in [-0.25, -0.2) is 4.79 Å². The molecule has 0 saturated carbocycles. The van der Waals surface area contributed by atoms with E-state index in [-0.39, 0.29) is 6.03 Å². The topological polar surface area (TPSA) is 35.6 Å². The lowest BCUT2D eigenvalue weighted by Gasteiger charge is -2.36. The SMILES string of the molecule is CCNC1CCCN(C(=O)N2CCCCCC2)C1. The molecule has 1 N–H and O–H groups in total. The van der Waals surface area contributed by atoms with Gasteiger partial charge >= 0.3 is 6.03 Å². The van der Waals surface area contributed by atoms with Crippen molar-refractivity contribution in [3.05, 3.63) is 0 Å². The van der Waals surface area contributed by atoms with Crippen LogP contribution in [-0.2, 0) is 0 Å². The second kappa shape index (κ2) is 6.98. The highest BCUT2D eigenvalue weighted by molar-refractivity contribution is 5.74. The molecule has 0 bridgehead atoms. The number of hydrogen-bond acceptors (Lipinski definition) is 2. The number of nitrogens with one attached hydrogen (secondary N) is 1. The standard InChI is InChI=1S/C14H27N3O/c1-2-15-13-8-7-11-17(12-13)14(18)16-9-5-3-4-6-10-16/h13,15H,2-12H2,1H3. The second-order valence-electron chi connectivity index (χ2n) is 5.53. The summed E-state index contributed by atoms with van der Waals surface area (Å²) >= 11 is 0. The van der Waals surface area contributed by atoms with Crippen LogP contribution in [0, 0.1) is 0 Å². The fourth-order valence-corrected chi connectivity index (χ4v) is 3.07. The van der Waals surface area contributed by atoms with Crippen LogP contribution in [0.2, 0.25) is 0 Å². The van der Waals surface area contributed by atoms with Gasteiger partial charge < -0.3 is 15.1 Å². The Labute approximate surface area is 111 Å². The molecule has 2 heterocycles. The number of hydrogen-bond donors (Lipinski definition) is 1. The molecule has 18 heavy (non-hydrogen) atoms. The van der Waals surface area contributed by atoms with Crippen molar-refractivity contribution in [3.8, 4) is 0 Å². The zero-order chi connectivity index (χ0) is 12.8. The van der Waals surface area contributed by atoms with E-state index in [4.69, 9.17) is 0 Å². The quantitative estimate of drug-likeness (QED) is 0.817. The molecule has 0 aromatic heterocycles. The van der Waals surface area contributed by atoms with Crippen LogP contribution in [0.4, 0.5) is 4.79 Å². The molecule has 2 aliphatic heterocycles. The van der Waals surface area contributed by atoms with Crippen LogP contribution < -0.4 is 5.32 Å². The summed E-state index contributed by atoms with van der Waals surface area (Å²) in [5.41, 5.74) is 0. The predicted molar refractivity (Wildman–Crippen MR) is 73.7 cm³/mol. The fourth-order valence-electron chi connectivity index (χ4n) is 3.07. The van der Waals surface area contributed by atoms with Crippen molar-refractivity contribution in [1.82, 2.24) is 15.1 Å². The molecule has 0 aliphatic carbocycles. The molecule has 4 nitrogen and oxygen atoms in total. The van der Waals surface area contributed by atoms with Crippen LogP contribution in [-0.4, -0.2) is 54.6 Å². The zero-order valence-electron chi connectivity index (χ0n) is 11.7. The third kappa shape index (κ3) is 3.61. The first-order chi connectivity index (χ1) is 8.81. The lowest BCUT2D eigenvalue weighted by atomic mass is 10.1. The number of nitrogens with zero attached hydrogens (tertiary/aromatic N) is 2. The maximum Gasteiger partial charge on any atom is 0.320 e. The summed E-state index contributed by atoms with van der Waals surface area (Å²) < 4.78 is 0. The predicted octanol–water partition coefficient (Wildman–Crippen LogP) is 2.06. The van der Waals surface area contributed by atoms with Crippen molar-refractivity contribution in [2.24, 2.45) is 0 Å².